The van der Waals surface area contributed by atoms with Crippen LogP contribution in [-0.4, -0.2) is 15.8 Å². The molecule has 0 aliphatic heterocycles. The SMILES string of the molecule is OC(c1ccn(Cc2ccccc2)c1)C(F)(F)F. The molecule has 5 heteroatoms. The summed E-state index contributed by atoms with van der Waals surface area (Å²) >= 11 is 0. The van der Waals surface area contributed by atoms with E-state index in [1.807, 2.05) is 30.3 Å². The summed E-state index contributed by atoms with van der Waals surface area (Å²) in [5.41, 5.74) is 0.847. The maximum absolute atomic E-state index is 12.3. The van der Waals surface area contributed by atoms with Gasteiger partial charge in [0, 0.05) is 24.5 Å². The molecule has 2 nitrogen and oxygen atoms in total. The molecular weight excluding hydrogens is 243 g/mol. The van der Waals surface area contributed by atoms with E-state index in [-0.39, 0.29) is 5.56 Å². The van der Waals surface area contributed by atoms with Crippen molar-refractivity contribution >= 4 is 0 Å². The molecule has 18 heavy (non-hydrogen) atoms. The van der Waals surface area contributed by atoms with Crippen LogP contribution in [0.3, 0.4) is 0 Å². The number of rotatable bonds is 3. The van der Waals surface area contributed by atoms with E-state index in [1.165, 1.54) is 18.5 Å². The van der Waals surface area contributed by atoms with Crippen molar-refractivity contribution in [1.29, 1.82) is 0 Å². The zero-order chi connectivity index (χ0) is 13.2. The molecule has 0 aliphatic carbocycles. The van der Waals surface area contributed by atoms with Gasteiger partial charge in [0.15, 0.2) is 6.10 Å². The van der Waals surface area contributed by atoms with Gasteiger partial charge in [-0.05, 0) is 11.6 Å². The molecule has 1 heterocycles. The lowest BCUT2D eigenvalue weighted by molar-refractivity contribution is -0.206. The van der Waals surface area contributed by atoms with Gasteiger partial charge in [-0.3, -0.25) is 0 Å². The highest BCUT2D eigenvalue weighted by atomic mass is 19.4. The normalized spacial score (nSPS) is 13.6. The Bertz CT molecular complexity index is 504. The number of nitrogens with zero attached hydrogens (tertiary/aromatic N) is 1. The van der Waals surface area contributed by atoms with E-state index in [0.29, 0.717) is 6.54 Å². The number of benzene rings is 1. The lowest BCUT2D eigenvalue weighted by atomic mass is 10.2. The maximum Gasteiger partial charge on any atom is 0.418 e. The van der Waals surface area contributed by atoms with E-state index in [4.69, 9.17) is 5.11 Å². The molecule has 2 aromatic rings. The molecule has 0 bridgehead atoms. The summed E-state index contributed by atoms with van der Waals surface area (Å²) in [6, 6.07) is 10.7. The maximum atomic E-state index is 12.3. The second kappa shape index (κ2) is 4.86. The number of aliphatic hydroxyl groups is 1. The van der Waals surface area contributed by atoms with E-state index in [2.05, 4.69) is 0 Å². The summed E-state index contributed by atoms with van der Waals surface area (Å²) in [4.78, 5) is 0. The molecular formula is C13H12F3NO. The van der Waals surface area contributed by atoms with E-state index in [9.17, 15) is 13.2 Å². The third-order valence-electron chi connectivity index (χ3n) is 2.61. The number of hydrogen-bond donors (Lipinski definition) is 1. The average Bonchev–Trinajstić information content (AvgIpc) is 2.76. The van der Waals surface area contributed by atoms with Crippen LogP contribution in [-0.2, 0) is 6.54 Å². The van der Waals surface area contributed by atoms with Crippen LogP contribution in [0.5, 0.6) is 0 Å². The molecule has 0 radical (unpaired) electrons. The van der Waals surface area contributed by atoms with Gasteiger partial charge in [0.05, 0.1) is 0 Å². The van der Waals surface area contributed by atoms with Crippen molar-refractivity contribution in [1.82, 2.24) is 4.57 Å². The molecule has 0 fully saturated rings. The number of hydrogen-bond acceptors (Lipinski definition) is 1. The number of halogens is 3. The lowest BCUT2D eigenvalue weighted by Gasteiger charge is -2.12. The molecule has 1 N–H and O–H groups in total. The van der Waals surface area contributed by atoms with Gasteiger partial charge in [0.25, 0.3) is 0 Å². The predicted molar refractivity (Wildman–Crippen MR) is 61.0 cm³/mol. The Morgan fingerprint density at radius 1 is 1.11 bits per heavy atom. The highest BCUT2D eigenvalue weighted by Gasteiger charge is 2.39. The standard InChI is InChI=1S/C13H12F3NO/c14-13(15,16)12(18)11-6-7-17(9-11)8-10-4-2-1-3-5-10/h1-7,9,12,18H,8H2. The Balaban J connectivity index is 2.12. The molecule has 0 amide bonds. The summed E-state index contributed by atoms with van der Waals surface area (Å²) < 4.78 is 38.5. The van der Waals surface area contributed by atoms with Crippen LogP contribution in [0.15, 0.2) is 48.8 Å². The van der Waals surface area contributed by atoms with Gasteiger partial charge < -0.3 is 9.67 Å². The molecule has 0 saturated heterocycles. The first-order valence-electron chi connectivity index (χ1n) is 5.41. The monoisotopic (exact) mass is 255 g/mol. The smallest absolute Gasteiger partial charge is 0.379 e. The van der Waals surface area contributed by atoms with Crippen molar-refractivity contribution < 1.29 is 18.3 Å². The van der Waals surface area contributed by atoms with Crippen molar-refractivity contribution in [2.24, 2.45) is 0 Å². The number of alkyl halides is 3. The largest absolute Gasteiger partial charge is 0.418 e. The van der Waals surface area contributed by atoms with Crippen LogP contribution in [0.4, 0.5) is 13.2 Å². The Morgan fingerprint density at radius 3 is 2.39 bits per heavy atom. The van der Waals surface area contributed by atoms with Gasteiger partial charge in [-0.15, -0.1) is 0 Å². The highest BCUT2D eigenvalue weighted by Crippen LogP contribution is 2.32. The van der Waals surface area contributed by atoms with Crippen LogP contribution in [0.2, 0.25) is 0 Å². The van der Waals surface area contributed by atoms with Gasteiger partial charge in [-0.1, -0.05) is 30.3 Å². The highest BCUT2D eigenvalue weighted by molar-refractivity contribution is 5.19. The van der Waals surface area contributed by atoms with Crippen molar-refractivity contribution in [2.45, 2.75) is 18.8 Å². The summed E-state index contributed by atoms with van der Waals surface area (Å²) in [5, 5.41) is 9.10. The summed E-state index contributed by atoms with van der Waals surface area (Å²) in [6.07, 6.45) is -4.21. The predicted octanol–water partition coefficient (Wildman–Crippen LogP) is 3.13. The second-order valence-corrected chi connectivity index (χ2v) is 4.05. The first-order chi connectivity index (χ1) is 8.47. The zero-order valence-corrected chi connectivity index (χ0v) is 9.43. The van der Waals surface area contributed by atoms with Crippen LogP contribution in [0, 0.1) is 0 Å². The van der Waals surface area contributed by atoms with Gasteiger partial charge in [0.1, 0.15) is 0 Å². The number of aliphatic hydroxyl groups excluding tert-OH is 1. The molecule has 1 unspecified atom stereocenters. The molecule has 0 saturated carbocycles. The molecule has 2 rings (SSSR count). The van der Waals surface area contributed by atoms with E-state index >= 15 is 0 Å². The Morgan fingerprint density at radius 2 is 1.78 bits per heavy atom. The van der Waals surface area contributed by atoms with Crippen LogP contribution < -0.4 is 0 Å². The first-order valence-corrected chi connectivity index (χ1v) is 5.41. The fourth-order valence-corrected chi connectivity index (χ4v) is 1.70. The van der Waals surface area contributed by atoms with Crippen LogP contribution in [0.25, 0.3) is 0 Å². The lowest BCUT2D eigenvalue weighted by Crippen LogP contribution is -2.19. The molecule has 96 valence electrons. The van der Waals surface area contributed by atoms with Crippen molar-refractivity contribution in [2.75, 3.05) is 0 Å². The van der Waals surface area contributed by atoms with Gasteiger partial charge in [-0.25, -0.2) is 0 Å². The average molecular weight is 255 g/mol. The van der Waals surface area contributed by atoms with E-state index in [1.54, 1.807) is 4.57 Å². The first kappa shape index (κ1) is 12.7. The van der Waals surface area contributed by atoms with Crippen molar-refractivity contribution in [3.05, 3.63) is 59.9 Å². The molecule has 0 spiro atoms. The Labute approximate surface area is 102 Å². The van der Waals surface area contributed by atoms with E-state index in [0.717, 1.165) is 5.56 Å². The molecule has 1 aromatic heterocycles. The molecule has 1 aromatic carbocycles. The summed E-state index contributed by atoms with van der Waals surface area (Å²) in [5.74, 6) is 0. The molecule has 0 aliphatic rings. The minimum absolute atomic E-state index is 0.140. The van der Waals surface area contributed by atoms with Crippen LogP contribution >= 0.6 is 0 Å². The summed E-state index contributed by atoms with van der Waals surface area (Å²) in [7, 11) is 0. The van der Waals surface area contributed by atoms with Crippen molar-refractivity contribution in [3.8, 4) is 0 Å². The van der Waals surface area contributed by atoms with E-state index < -0.39 is 12.3 Å². The van der Waals surface area contributed by atoms with Crippen LogP contribution in [0.1, 0.15) is 17.2 Å². The third kappa shape index (κ3) is 2.92. The second-order valence-electron chi connectivity index (χ2n) is 4.05. The quantitative estimate of drug-likeness (QED) is 0.895. The minimum atomic E-state index is -4.63. The topological polar surface area (TPSA) is 25.2 Å². The third-order valence-corrected chi connectivity index (χ3v) is 2.61. The Hall–Kier alpha value is -1.75. The molecule has 1 atom stereocenters. The van der Waals surface area contributed by atoms with Gasteiger partial charge in [-0.2, -0.15) is 13.2 Å². The fraction of sp³-hybridized carbons (Fsp3) is 0.231. The zero-order valence-electron chi connectivity index (χ0n) is 9.43. The van der Waals surface area contributed by atoms with Gasteiger partial charge in [0.2, 0.25) is 0 Å². The Kier molecular flexibility index (Phi) is 3.43. The van der Waals surface area contributed by atoms with Crippen molar-refractivity contribution in [3.63, 3.8) is 0 Å². The fourth-order valence-electron chi connectivity index (χ4n) is 1.70. The minimum Gasteiger partial charge on any atom is -0.379 e. The van der Waals surface area contributed by atoms with Gasteiger partial charge >= 0.3 is 6.18 Å². The number of aromatic nitrogens is 1. The summed E-state index contributed by atoms with van der Waals surface area (Å²) in [6.45, 7) is 0.478.